The van der Waals surface area contributed by atoms with Crippen molar-refractivity contribution in [1.29, 1.82) is 0 Å². The number of nitrogens with zero attached hydrogens (tertiary/aromatic N) is 1. The first-order chi connectivity index (χ1) is 7.27. The lowest BCUT2D eigenvalue weighted by Crippen LogP contribution is -2.43. The molecule has 0 radical (unpaired) electrons. The Morgan fingerprint density at radius 3 is 2.53 bits per heavy atom. The number of hydrogen-bond donors (Lipinski definition) is 1. The number of rotatable bonds is 8. The molecule has 1 aliphatic carbocycles. The molecule has 1 rings (SSSR count). The average molecular weight is 212 g/mol. The summed E-state index contributed by atoms with van der Waals surface area (Å²) in [6, 6.07) is 0.733. The van der Waals surface area contributed by atoms with E-state index in [1.165, 1.54) is 38.6 Å². The molecule has 2 heteroatoms. The Bertz CT molecular complexity index is 155. The van der Waals surface area contributed by atoms with Crippen molar-refractivity contribution < 1.29 is 0 Å². The Labute approximate surface area is 95.4 Å². The number of nitrogens with one attached hydrogen (secondary N) is 1. The third-order valence-corrected chi connectivity index (χ3v) is 3.67. The van der Waals surface area contributed by atoms with Crippen molar-refractivity contribution in [2.24, 2.45) is 5.92 Å². The van der Waals surface area contributed by atoms with Crippen LogP contribution in [0.4, 0.5) is 0 Å². The molecule has 0 aromatic rings. The first kappa shape index (κ1) is 13.0. The molecule has 90 valence electrons. The predicted octanol–water partition coefficient (Wildman–Crippen LogP) is 2.50. The lowest BCUT2D eigenvalue weighted by molar-refractivity contribution is 0.156. The van der Waals surface area contributed by atoms with Gasteiger partial charge in [0.05, 0.1) is 0 Å². The van der Waals surface area contributed by atoms with Crippen molar-refractivity contribution in [3.05, 3.63) is 0 Å². The second-order valence-corrected chi connectivity index (χ2v) is 5.00. The summed E-state index contributed by atoms with van der Waals surface area (Å²) in [7, 11) is 2.29. The smallest absolute Gasteiger partial charge is 0.0215 e. The Kier molecular flexibility index (Phi) is 6.26. The number of hydrogen-bond acceptors (Lipinski definition) is 2. The molecule has 1 unspecified atom stereocenters. The SMILES string of the molecule is CCCNCC(CC)N(C)CC1CCC1. The Morgan fingerprint density at radius 2 is 2.07 bits per heavy atom. The zero-order valence-electron chi connectivity index (χ0n) is 10.8. The number of likely N-dealkylation sites (N-methyl/N-ethyl adjacent to an activating group) is 1. The summed E-state index contributed by atoms with van der Waals surface area (Å²) in [5, 5.41) is 3.53. The lowest BCUT2D eigenvalue weighted by atomic mass is 9.85. The van der Waals surface area contributed by atoms with E-state index in [0.717, 1.165) is 25.0 Å². The van der Waals surface area contributed by atoms with Gasteiger partial charge in [-0.05, 0) is 45.2 Å². The molecule has 0 heterocycles. The maximum absolute atomic E-state index is 3.53. The molecule has 0 amide bonds. The van der Waals surface area contributed by atoms with Gasteiger partial charge in [-0.2, -0.15) is 0 Å². The van der Waals surface area contributed by atoms with E-state index in [1.807, 2.05) is 0 Å². The van der Waals surface area contributed by atoms with Gasteiger partial charge in [0.1, 0.15) is 0 Å². The van der Waals surface area contributed by atoms with Crippen molar-refractivity contribution >= 4 is 0 Å². The molecule has 1 fully saturated rings. The van der Waals surface area contributed by atoms with Crippen LogP contribution in [0.1, 0.15) is 46.0 Å². The van der Waals surface area contributed by atoms with Crippen LogP contribution in [0.3, 0.4) is 0 Å². The van der Waals surface area contributed by atoms with E-state index in [1.54, 1.807) is 0 Å². The van der Waals surface area contributed by atoms with Crippen LogP contribution in [0.2, 0.25) is 0 Å². The molecule has 0 bridgehead atoms. The van der Waals surface area contributed by atoms with Gasteiger partial charge in [-0.15, -0.1) is 0 Å². The molecule has 0 aliphatic heterocycles. The van der Waals surface area contributed by atoms with Crippen LogP contribution in [0.5, 0.6) is 0 Å². The molecular formula is C13H28N2. The average Bonchev–Trinajstić information content (AvgIpc) is 2.18. The fraction of sp³-hybridized carbons (Fsp3) is 1.00. The van der Waals surface area contributed by atoms with E-state index in [-0.39, 0.29) is 0 Å². The minimum absolute atomic E-state index is 0.733. The van der Waals surface area contributed by atoms with Crippen LogP contribution in [-0.2, 0) is 0 Å². The maximum atomic E-state index is 3.53. The highest BCUT2D eigenvalue weighted by atomic mass is 15.1. The standard InChI is InChI=1S/C13H28N2/c1-4-9-14-10-13(5-2)15(3)11-12-7-6-8-12/h12-14H,4-11H2,1-3H3. The zero-order chi connectivity index (χ0) is 11.1. The molecule has 2 nitrogen and oxygen atoms in total. The molecule has 0 spiro atoms. The van der Waals surface area contributed by atoms with Crippen molar-refractivity contribution in [2.45, 2.75) is 52.0 Å². The second-order valence-electron chi connectivity index (χ2n) is 5.00. The molecule has 15 heavy (non-hydrogen) atoms. The zero-order valence-corrected chi connectivity index (χ0v) is 10.8. The fourth-order valence-corrected chi connectivity index (χ4v) is 2.29. The van der Waals surface area contributed by atoms with Crippen molar-refractivity contribution in [2.75, 3.05) is 26.7 Å². The summed E-state index contributed by atoms with van der Waals surface area (Å²) in [4.78, 5) is 2.56. The van der Waals surface area contributed by atoms with E-state index in [2.05, 4.69) is 31.1 Å². The van der Waals surface area contributed by atoms with E-state index in [0.29, 0.717) is 0 Å². The van der Waals surface area contributed by atoms with Gasteiger partial charge in [-0.3, -0.25) is 0 Å². The summed E-state index contributed by atoms with van der Waals surface area (Å²) >= 11 is 0. The Balaban J connectivity index is 2.16. The van der Waals surface area contributed by atoms with E-state index in [4.69, 9.17) is 0 Å². The second kappa shape index (κ2) is 7.24. The molecule has 1 N–H and O–H groups in total. The van der Waals surface area contributed by atoms with Gasteiger partial charge in [0.25, 0.3) is 0 Å². The van der Waals surface area contributed by atoms with Crippen molar-refractivity contribution in [3.8, 4) is 0 Å². The third-order valence-electron chi connectivity index (χ3n) is 3.67. The van der Waals surface area contributed by atoms with Crippen LogP contribution >= 0.6 is 0 Å². The minimum Gasteiger partial charge on any atom is -0.315 e. The van der Waals surface area contributed by atoms with Crippen LogP contribution in [0, 0.1) is 5.92 Å². The van der Waals surface area contributed by atoms with Gasteiger partial charge in [0.15, 0.2) is 0 Å². The van der Waals surface area contributed by atoms with Crippen LogP contribution in [0.25, 0.3) is 0 Å². The van der Waals surface area contributed by atoms with Crippen molar-refractivity contribution in [1.82, 2.24) is 10.2 Å². The van der Waals surface area contributed by atoms with E-state index in [9.17, 15) is 0 Å². The predicted molar refractivity (Wildman–Crippen MR) is 67.2 cm³/mol. The first-order valence-corrected chi connectivity index (χ1v) is 6.68. The fourth-order valence-electron chi connectivity index (χ4n) is 2.29. The van der Waals surface area contributed by atoms with Gasteiger partial charge >= 0.3 is 0 Å². The molecule has 0 aromatic carbocycles. The third kappa shape index (κ3) is 4.52. The first-order valence-electron chi connectivity index (χ1n) is 6.68. The summed E-state index contributed by atoms with van der Waals surface area (Å²) in [5.41, 5.74) is 0. The summed E-state index contributed by atoms with van der Waals surface area (Å²) in [5.74, 6) is 0.996. The van der Waals surface area contributed by atoms with Gasteiger partial charge in [-0.25, -0.2) is 0 Å². The molecule has 1 aliphatic rings. The summed E-state index contributed by atoms with van der Waals surface area (Å²) in [6.07, 6.45) is 6.89. The van der Waals surface area contributed by atoms with Gasteiger partial charge < -0.3 is 10.2 Å². The highest BCUT2D eigenvalue weighted by Gasteiger charge is 2.21. The highest BCUT2D eigenvalue weighted by molar-refractivity contribution is 4.77. The molecule has 1 saturated carbocycles. The van der Waals surface area contributed by atoms with Crippen LogP contribution in [-0.4, -0.2) is 37.6 Å². The monoisotopic (exact) mass is 212 g/mol. The van der Waals surface area contributed by atoms with E-state index >= 15 is 0 Å². The molecule has 0 saturated heterocycles. The van der Waals surface area contributed by atoms with Crippen LogP contribution in [0.15, 0.2) is 0 Å². The van der Waals surface area contributed by atoms with Gasteiger partial charge in [0.2, 0.25) is 0 Å². The summed E-state index contributed by atoms with van der Waals surface area (Å²) in [6.45, 7) is 8.16. The lowest BCUT2D eigenvalue weighted by Gasteiger charge is -2.34. The topological polar surface area (TPSA) is 15.3 Å². The molecular weight excluding hydrogens is 184 g/mol. The normalized spacial score (nSPS) is 19.2. The largest absolute Gasteiger partial charge is 0.315 e. The quantitative estimate of drug-likeness (QED) is 0.622. The Morgan fingerprint density at radius 1 is 1.33 bits per heavy atom. The van der Waals surface area contributed by atoms with Crippen molar-refractivity contribution in [3.63, 3.8) is 0 Å². The maximum Gasteiger partial charge on any atom is 0.0215 e. The van der Waals surface area contributed by atoms with Gasteiger partial charge in [0, 0.05) is 19.1 Å². The summed E-state index contributed by atoms with van der Waals surface area (Å²) < 4.78 is 0. The van der Waals surface area contributed by atoms with Gasteiger partial charge in [-0.1, -0.05) is 20.3 Å². The minimum atomic E-state index is 0.733. The van der Waals surface area contributed by atoms with E-state index < -0.39 is 0 Å². The molecule has 1 atom stereocenters. The Hall–Kier alpha value is -0.0800. The molecule has 0 aromatic heterocycles. The van der Waals surface area contributed by atoms with Crippen LogP contribution < -0.4 is 5.32 Å². The highest BCUT2D eigenvalue weighted by Crippen LogP contribution is 2.27.